The molecule has 1 aromatic heterocycles. The minimum absolute atomic E-state index is 0.147. The van der Waals surface area contributed by atoms with E-state index in [0.29, 0.717) is 0 Å². The molecule has 1 aromatic carbocycles. The van der Waals surface area contributed by atoms with Crippen molar-refractivity contribution in [1.29, 1.82) is 0 Å². The van der Waals surface area contributed by atoms with E-state index in [1.807, 2.05) is 4.98 Å². The van der Waals surface area contributed by atoms with Gasteiger partial charge in [-0.2, -0.15) is 13.2 Å². The molecule has 0 aliphatic rings. The van der Waals surface area contributed by atoms with Crippen molar-refractivity contribution in [2.24, 2.45) is 0 Å². The van der Waals surface area contributed by atoms with Gasteiger partial charge in [-0.05, 0) is 25.5 Å². The Hall–Kier alpha value is -2.84. The normalized spacial score (nSPS) is 12.7. The van der Waals surface area contributed by atoms with Crippen LogP contribution in [0.3, 0.4) is 0 Å². The number of H-pyrrole nitrogens is 2. The molecule has 0 aliphatic carbocycles. The Labute approximate surface area is 133 Å². The molecule has 0 aliphatic heterocycles. The number of alkyl halides is 3. The third kappa shape index (κ3) is 3.73. The van der Waals surface area contributed by atoms with E-state index >= 15 is 0 Å². The van der Waals surface area contributed by atoms with Crippen molar-refractivity contribution >= 4 is 11.6 Å². The number of aromatic amines is 2. The monoisotopic (exact) mass is 341 g/mol. The molecule has 1 atom stereocenters. The van der Waals surface area contributed by atoms with Crippen LogP contribution in [-0.2, 0) is 11.0 Å². The van der Waals surface area contributed by atoms with Crippen molar-refractivity contribution in [3.8, 4) is 0 Å². The van der Waals surface area contributed by atoms with E-state index in [-0.39, 0.29) is 16.9 Å². The van der Waals surface area contributed by atoms with Gasteiger partial charge in [-0.15, -0.1) is 0 Å². The van der Waals surface area contributed by atoms with Crippen molar-refractivity contribution in [3.05, 3.63) is 61.9 Å². The lowest BCUT2D eigenvalue weighted by Crippen LogP contribution is -2.30. The highest BCUT2D eigenvalue weighted by molar-refractivity contribution is 5.95. The van der Waals surface area contributed by atoms with E-state index in [0.717, 1.165) is 12.1 Å². The number of hydrogen-bond donors (Lipinski definition) is 3. The summed E-state index contributed by atoms with van der Waals surface area (Å²) < 4.78 is 38.2. The average Bonchev–Trinajstić information content (AvgIpc) is 2.49. The molecule has 3 N–H and O–H groups in total. The molecule has 6 nitrogen and oxygen atoms in total. The highest BCUT2D eigenvalue weighted by atomic mass is 19.4. The molecule has 0 spiro atoms. The largest absolute Gasteiger partial charge is 0.416 e. The third-order valence-corrected chi connectivity index (χ3v) is 3.49. The van der Waals surface area contributed by atoms with Crippen LogP contribution in [0.5, 0.6) is 0 Å². The third-order valence-electron chi connectivity index (χ3n) is 3.49. The first-order valence-electron chi connectivity index (χ1n) is 6.91. The van der Waals surface area contributed by atoms with Gasteiger partial charge < -0.3 is 10.3 Å². The van der Waals surface area contributed by atoms with Crippen LogP contribution < -0.4 is 16.6 Å². The van der Waals surface area contributed by atoms with Crippen molar-refractivity contribution < 1.29 is 18.0 Å². The predicted octanol–water partition coefficient (Wildman–Crippen LogP) is 2.13. The van der Waals surface area contributed by atoms with E-state index in [4.69, 9.17) is 0 Å². The number of carbonyl (C=O) groups excluding carboxylic acids is 1. The highest BCUT2D eigenvalue weighted by Gasteiger charge is 2.31. The number of hydrogen-bond acceptors (Lipinski definition) is 3. The summed E-state index contributed by atoms with van der Waals surface area (Å²) in [5.74, 6) is -1.60. The Morgan fingerprint density at radius 3 is 2.46 bits per heavy atom. The first-order valence-corrected chi connectivity index (χ1v) is 6.91. The van der Waals surface area contributed by atoms with Gasteiger partial charge in [0.2, 0.25) is 5.91 Å². The van der Waals surface area contributed by atoms with Gasteiger partial charge in [-0.3, -0.25) is 14.6 Å². The fraction of sp³-hybridized carbons (Fsp3) is 0.267. The number of aromatic nitrogens is 2. The summed E-state index contributed by atoms with van der Waals surface area (Å²) in [5, 5.41) is 2.33. The molecular weight excluding hydrogens is 327 g/mol. The van der Waals surface area contributed by atoms with Crippen LogP contribution in [0, 0.1) is 6.92 Å². The molecule has 9 heteroatoms. The number of benzene rings is 1. The van der Waals surface area contributed by atoms with Gasteiger partial charge >= 0.3 is 11.9 Å². The van der Waals surface area contributed by atoms with E-state index < -0.39 is 34.8 Å². The number of aryl methyl sites for hydroxylation is 1. The van der Waals surface area contributed by atoms with E-state index in [9.17, 15) is 27.6 Å². The lowest BCUT2D eigenvalue weighted by molar-refractivity contribution is -0.137. The maximum absolute atomic E-state index is 12.7. The fourth-order valence-electron chi connectivity index (χ4n) is 2.12. The molecule has 1 unspecified atom stereocenters. The molecule has 0 fully saturated rings. The van der Waals surface area contributed by atoms with Gasteiger partial charge in [0.05, 0.1) is 11.5 Å². The summed E-state index contributed by atoms with van der Waals surface area (Å²) in [5.41, 5.74) is -2.23. The zero-order valence-electron chi connectivity index (χ0n) is 12.7. The molecule has 1 heterocycles. The van der Waals surface area contributed by atoms with Gasteiger partial charge in [0.25, 0.3) is 5.56 Å². The predicted molar refractivity (Wildman–Crippen MR) is 80.9 cm³/mol. The fourth-order valence-corrected chi connectivity index (χ4v) is 2.12. The summed E-state index contributed by atoms with van der Waals surface area (Å²) >= 11 is 0. The summed E-state index contributed by atoms with van der Waals surface area (Å²) in [4.78, 5) is 39.3. The smallest absolute Gasteiger partial charge is 0.320 e. The number of rotatable bonds is 3. The summed E-state index contributed by atoms with van der Waals surface area (Å²) in [7, 11) is 0. The highest BCUT2D eigenvalue weighted by Crippen LogP contribution is 2.31. The van der Waals surface area contributed by atoms with Crippen LogP contribution in [0.2, 0.25) is 0 Å². The molecule has 2 rings (SSSR count). The zero-order valence-corrected chi connectivity index (χ0v) is 12.7. The summed E-state index contributed by atoms with van der Waals surface area (Å²) in [6, 6.07) is 4.39. The standard InChI is InChI=1S/C15H14F3N3O3/c1-7(9-4-3-5-10(6-9)15(16,17)18)12(22)20-11-8(2)19-14(24)21-13(11)23/h3-7H,1-2H3,(H,20,22)(H2,19,21,23,24). The first kappa shape index (κ1) is 17.5. The SMILES string of the molecule is Cc1[nH]c(=O)[nH]c(=O)c1NC(=O)C(C)c1cccc(C(F)(F)F)c1. The Balaban J connectivity index is 2.28. The van der Waals surface area contributed by atoms with Crippen LogP contribution in [-0.4, -0.2) is 15.9 Å². The molecule has 0 saturated heterocycles. The van der Waals surface area contributed by atoms with Crippen molar-refractivity contribution in [1.82, 2.24) is 9.97 Å². The first-order chi connectivity index (χ1) is 11.1. The second-order valence-electron chi connectivity index (χ2n) is 5.24. The molecular formula is C15H14F3N3O3. The van der Waals surface area contributed by atoms with Crippen LogP contribution >= 0.6 is 0 Å². The second-order valence-corrected chi connectivity index (χ2v) is 5.24. The van der Waals surface area contributed by atoms with Crippen LogP contribution in [0.1, 0.15) is 29.7 Å². The van der Waals surface area contributed by atoms with Gasteiger partial charge in [-0.25, -0.2) is 4.79 Å². The van der Waals surface area contributed by atoms with E-state index in [2.05, 4.69) is 10.3 Å². The van der Waals surface area contributed by atoms with Crippen molar-refractivity contribution in [3.63, 3.8) is 0 Å². The Morgan fingerprint density at radius 1 is 1.21 bits per heavy atom. The molecule has 2 aromatic rings. The lowest BCUT2D eigenvalue weighted by atomic mass is 9.98. The molecule has 1 amide bonds. The number of amides is 1. The maximum atomic E-state index is 12.7. The lowest BCUT2D eigenvalue weighted by Gasteiger charge is -2.15. The van der Waals surface area contributed by atoms with Gasteiger partial charge in [-0.1, -0.05) is 18.2 Å². The molecule has 0 radical (unpaired) electrons. The number of halogens is 3. The van der Waals surface area contributed by atoms with Crippen LogP contribution in [0.15, 0.2) is 33.9 Å². The number of carbonyl (C=O) groups is 1. The van der Waals surface area contributed by atoms with Gasteiger partial charge in [0, 0.05) is 5.69 Å². The Morgan fingerprint density at radius 2 is 1.88 bits per heavy atom. The molecule has 128 valence electrons. The summed E-state index contributed by atoms with van der Waals surface area (Å²) in [6.45, 7) is 2.83. The van der Waals surface area contributed by atoms with E-state index in [1.165, 1.54) is 26.0 Å². The van der Waals surface area contributed by atoms with Crippen LogP contribution in [0.25, 0.3) is 0 Å². The van der Waals surface area contributed by atoms with Gasteiger partial charge in [0.1, 0.15) is 5.69 Å². The molecule has 0 saturated carbocycles. The summed E-state index contributed by atoms with van der Waals surface area (Å²) in [6.07, 6.45) is -4.52. The van der Waals surface area contributed by atoms with Crippen LogP contribution in [0.4, 0.5) is 18.9 Å². The average molecular weight is 341 g/mol. The van der Waals surface area contributed by atoms with E-state index in [1.54, 1.807) is 0 Å². The number of anilines is 1. The number of nitrogens with one attached hydrogen (secondary N) is 3. The Bertz CT molecular complexity index is 884. The zero-order chi connectivity index (χ0) is 18.1. The minimum atomic E-state index is -4.52. The van der Waals surface area contributed by atoms with Gasteiger partial charge in [0.15, 0.2) is 0 Å². The maximum Gasteiger partial charge on any atom is 0.416 e. The quantitative estimate of drug-likeness (QED) is 0.798. The minimum Gasteiger partial charge on any atom is -0.320 e. The molecule has 0 bridgehead atoms. The second kappa shape index (κ2) is 6.34. The topological polar surface area (TPSA) is 94.8 Å². The Kier molecular flexibility index (Phi) is 4.63. The molecule has 24 heavy (non-hydrogen) atoms. The van der Waals surface area contributed by atoms with Crippen molar-refractivity contribution in [2.45, 2.75) is 25.9 Å². The van der Waals surface area contributed by atoms with Crippen molar-refractivity contribution in [2.75, 3.05) is 5.32 Å².